The normalized spacial score (nSPS) is 10.9. The number of aromatic nitrogens is 2. The molecule has 0 bridgehead atoms. The fraction of sp³-hybridized carbons (Fsp3) is 0. The minimum atomic E-state index is -0.389. The van der Waals surface area contributed by atoms with Crippen molar-refractivity contribution in [2.75, 3.05) is 0 Å². The summed E-state index contributed by atoms with van der Waals surface area (Å²) in [5, 5.41) is 6.22. The van der Waals surface area contributed by atoms with Gasteiger partial charge in [-0.25, -0.2) is 10.4 Å². The van der Waals surface area contributed by atoms with Crippen LogP contribution in [-0.4, -0.2) is 22.1 Å². The van der Waals surface area contributed by atoms with Crippen LogP contribution in [-0.2, 0) is 0 Å². The summed E-state index contributed by atoms with van der Waals surface area (Å²) in [5.41, 5.74) is 3.56. The molecule has 0 aliphatic rings. The molecule has 0 unspecified atom stereocenters. The molecule has 1 aromatic heterocycles. The Hall–Kier alpha value is -3.08. The SMILES string of the molecule is O=C(N/N=C\c1ccc2ccccc2c1)c1cnccn1. The summed E-state index contributed by atoms with van der Waals surface area (Å²) < 4.78 is 0. The van der Waals surface area contributed by atoms with Crippen molar-refractivity contribution in [2.24, 2.45) is 5.10 Å². The van der Waals surface area contributed by atoms with Crippen LogP contribution in [0.2, 0.25) is 0 Å². The topological polar surface area (TPSA) is 67.2 Å². The standard InChI is InChI=1S/C16H12N4O/c21-16(15-11-17-7-8-18-15)20-19-10-12-5-6-13-3-1-2-4-14(13)9-12/h1-11H,(H,20,21)/b19-10-. The van der Waals surface area contributed by atoms with Crippen LogP contribution in [0, 0.1) is 0 Å². The van der Waals surface area contributed by atoms with Crippen molar-refractivity contribution in [3.8, 4) is 0 Å². The van der Waals surface area contributed by atoms with Gasteiger partial charge in [0.15, 0.2) is 0 Å². The zero-order valence-electron chi connectivity index (χ0n) is 11.1. The molecule has 0 saturated heterocycles. The number of carbonyl (C=O) groups is 1. The van der Waals surface area contributed by atoms with Gasteiger partial charge in [-0.15, -0.1) is 0 Å². The molecule has 0 aliphatic heterocycles. The molecule has 3 rings (SSSR count). The molecule has 0 atom stereocenters. The average Bonchev–Trinajstić information content (AvgIpc) is 2.55. The van der Waals surface area contributed by atoms with Gasteiger partial charge in [0.1, 0.15) is 5.69 Å². The van der Waals surface area contributed by atoms with Crippen LogP contribution < -0.4 is 5.43 Å². The lowest BCUT2D eigenvalue weighted by Crippen LogP contribution is -2.19. The smallest absolute Gasteiger partial charge is 0.265 e. The molecule has 0 aliphatic carbocycles. The Morgan fingerprint density at radius 2 is 1.95 bits per heavy atom. The number of hydrogen-bond donors (Lipinski definition) is 1. The van der Waals surface area contributed by atoms with Gasteiger partial charge in [0.05, 0.1) is 12.4 Å². The van der Waals surface area contributed by atoms with Crippen LogP contribution >= 0.6 is 0 Å². The van der Waals surface area contributed by atoms with E-state index in [1.807, 2.05) is 42.5 Å². The van der Waals surface area contributed by atoms with Crippen LogP contribution in [0.5, 0.6) is 0 Å². The molecule has 5 heteroatoms. The van der Waals surface area contributed by atoms with Gasteiger partial charge >= 0.3 is 0 Å². The highest BCUT2D eigenvalue weighted by Crippen LogP contribution is 2.14. The second-order valence-corrected chi connectivity index (χ2v) is 4.40. The maximum Gasteiger partial charge on any atom is 0.291 e. The predicted octanol–water partition coefficient (Wildman–Crippen LogP) is 2.39. The van der Waals surface area contributed by atoms with Crippen molar-refractivity contribution in [1.82, 2.24) is 15.4 Å². The first-order chi connectivity index (χ1) is 10.3. The highest BCUT2D eigenvalue weighted by Gasteiger charge is 2.04. The molecule has 102 valence electrons. The van der Waals surface area contributed by atoms with Gasteiger partial charge in [-0.2, -0.15) is 5.10 Å². The Bertz CT molecular complexity index is 799. The van der Waals surface area contributed by atoms with Gasteiger partial charge in [0.25, 0.3) is 5.91 Å². The van der Waals surface area contributed by atoms with E-state index in [1.54, 1.807) is 6.21 Å². The molecule has 3 aromatic rings. The lowest BCUT2D eigenvalue weighted by atomic mass is 10.1. The monoisotopic (exact) mass is 276 g/mol. The van der Waals surface area contributed by atoms with Crippen LogP contribution in [0.25, 0.3) is 10.8 Å². The molecule has 0 spiro atoms. The van der Waals surface area contributed by atoms with Crippen LogP contribution in [0.3, 0.4) is 0 Å². The van der Waals surface area contributed by atoms with Crippen molar-refractivity contribution >= 4 is 22.9 Å². The summed E-state index contributed by atoms with van der Waals surface area (Å²) in [5.74, 6) is -0.389. The third-order valence-corrected chi connectivity index (χ3v) is 2.95. The third-order valence-electron chi connectivity index (χ3n) is 2.95. The van der Waals surface area contributed by atoms with Gasteiger partial charge in [-0.1, -0.05) is 36.4 Å². The highest BCUT2D eigenvalue weighted by molar-refractivity contribution is 5.94. The van der Waals surface area contributed by atoms with Gasteiger partial charge in [-0.05, 0) is 22.4 Å². The molecule has 2 aromatic carbocycles. The van der Waals surface area contributed by atoms with Crippen molar-refractivity contribution in [1.29, 1.82) is 0 Å². The Balaban J connectivity index is 1.71. The number of hydrogen-bond acceptors (Lipinski definition) is 4. The molecule has 1 heterocycles. The number of hydrazone groups is 1. The van der Waals surface area contributed by atoms with Gasteiger partial charge in [0.2, 0.25) is 0 Å². The van der Waals surface area contributed by atoms with Crippen molar-refractivity contribution in [2.45, 2.75) is 0 Å². The van der Waals surface area contributed by atoms with E-state index in [4.69, 9.17) is 0 Å². The van der Waals surface area contributed by atoms with E-state index in [2.05, 4.69) is 20.5 Å². The molecule has 0 saturated carbocycles. The molecular weight excluding hydrogens is 264 g/mol. The number of rotatable bonds is 3. The number of fused-ring (bicyclic) bond motifs is 1. The lowest BCUT2D eigenvalue weighted by molar-refractivity contribution is 0.0950. The molecule has 0 fully saturated rings. The Kier molecular flexibility index (Phi) is 3.64. The summed E-state index contributed by atoms with van der Waals surface area (Å²) in [6.07, 6.45) is 5.96. The van der Waals surface area contributed by atoms with E-state index in [0.29, 0.717) is 0 Å². The molecule has 21 heavy (non-hydrogen) atoms. The van der Waals surface area contributed by atoms with Gasteiger partial charge in [-0.3, -0.25) is 9.78 Å². The second kappa shape index (κ2) is 5.92. The first kappa shape index (κ1) is 12.9. The maximum absolute atomic E-state index is 11.7. The van der Waals surface area contributed by atoms with Crippen LogP contribution in [0.1, 0.15) is 16.1 Å². The predicted molar refractivity (Wildman–Crippen MR) is 81.0 cm³/mol. The summed E-state index contributed by atoms with van der Waals surface area (Å²) in [7, 11) is 0. The number of nitrogens with zero attached hydrogens (tertiary/aromatic N) is 3. The average molecular weight is 276 g/mol. The molecular formula is C16H12N4O. The van der Waals surface area contributed by atoms with E-state index in [0.717, 1.165) is 10.9 Å². The largest absolute Gasteiger partial charge is 0.291 e. The van der Waals surface area contributed by atoms with Crippen molar-refractivity contribution < 1.29 is 4.79 Å². The van der Waals surface area contributed by atoms with Crippen molar-refractivity contribution in [3.63, 3.8) is 0 Å². The van der Waals surface area contributed by atoms with Crippen LogP contribution in [0.4, 0.5) is 0 Å². The zero-order valence-corrected chi connectivity index (χ0v) is 11.1. The zero-order chi connectivity index (χ0) is 14.5. The minimum absolute atomic E-state index is 0.230. The van der Waals surface area contributed by atoms with Crippen molar-refractivity contribution in [3.05, 3.63) is 72.3 Å². The first-order valence-corrected chi connectivity index (χ1v) is 6.41. The number of benzene rings is 2. The van der Waals surface area contributed by atoms with E-state index in [9.17, 15) is 4.79 Å². The molecule has 5 nitrogen and oxygen atoms in total. The highest BCUT2D eigenvalue weighted by atomic mass is 16.2. The summed E-state index contributed by atoms with van der Waals surface area (Å²) in [6, 6.07) is 14.0. The summed E-state index contributed by atoms with van der Waals surface area (Å²) in [4.78, 5) is 19.4. The Morgan fingerprint density at radius 1 is 1.10 bits per heavy atom. The van der Waals surface area contributed by atoms with E-state index >= 15 is 0 Å². The quantitative estimate of drug-likeness (QED) is 0.590. The fourth-order valence-corrected chi connectivity index (χ4v) is 1.93. The number of nitrogens with one attached hydrogen (secondary N) is 1. The maximum atomic E-state index is 11.7. The molecule has 1 N–H and O–H groups in total. The lowest BCUT2D eigenvalue weighted by Gasteiger charge is -2.00. The molecule has 1 amide bonds. The Labute approximate surface area is 121 Å². The van der Waals surface area contributed by atoms with Gasteiger partial charge < -0.3 is 0 Å². The number of amides is 1. The van der Waals surface area contributed by atoms with E-state index in [1.165, 1.54) is 24.0 Å². The second-order valence-electron chi connectivity index (χ2n) is 4.40. The minimum Gasteiger partial charge on any atom is -0.265 e. The summed E-state index contributed by atoms with van der Waals surface area (Å²) in [6.45, 7) is 0. The Morgan fingerprint density at radius 3 is 2.76 bits per heavy atom. The third kappa shape index (κ3) is 3.09. The fourth-order valence-electron chi connectivity index (χ4n) is 1.93. The first-order valence-electron chi connectivity index (χ1n) is 6.41. The van der Waals surface area contributed by atoms with E-state index in [-0.39, 0.29) is 11.6 Å². The van der Waals surface area contributed by atoms with E-state index < -0.39 is 0 Å². The number of carbonyl (C=O) groups excluding carboxylic acids is 1. The molecule has 0 radical (unpaired) electrons. The summed E-state index contributed by atoms with van der Waals surface area (Å²) >= 11 is 0. The van der Waals surface area contributed by atoms with Gasteiger partial charge in [0, 0.05) is 12.4 Å². The van der Waals surface area contributed by atoms with Crippen LogP contribution in [0.15, 0.2) is 66.2 Å².